The Morgan fingerprint density at radius 2 is 2.00 bits per heavy atom. The van der Waals surface area contributed by atoms with Gasteiger partial charge in [0.25, 0.3) is 5.91 Å². The molecule has 1 aromatic heterocycles. The van der Waals surface area contributed by atoms with E-state index >= 15 is 0 Å². The van der Waals surface area contributed by atoms with Gasteiger partial charge in [0.2, 0.25) is 0 Å². The minimum atomic E-state index is -1.24. The van der Waals surface area contributed by atoms with Crippen molar-refractivity contribution in [2.24, 2.45) is 0 Å². The van der Waals surface area contributed by atoms with E-state index < -0.39 is 11.9 Å². The standard InChI is InChI=1S/C13H9ClN2O4/c14-9-6-7(3-4-10(9)17)16-12(18)11-8(13(19)20)2-1-5-15-11/h1-6,17H,(H,16,18)(H,19,20). The topological polar surface area (TPSA) is 99.5 Å². The number of carbonyl (C=O) groups is 2. The molecule has 0 radical (unpaired) electrons. The Labute approximate surface area is 118 Å². The number of aromatic nitrogens is 1. The highest BCUT2D eigenvalue weighted by atomic mass is 35.5. The molecule has 0 fully saturated rings. The molecule has 0 unspecified atom stereocenters. The quantitative estimate of drug-likeness (QED) is 0.754. The maximum Gasteiger partial charge on any atom is 0.338 e. The van der Waals surface area contributed by atoms with E-state index in [2.05, 4.69) is 10.3 Å². The summed E-state index contributed by atoms with van der Waals surface area (Å²) in [6.07, 6.45) is 1.32. The molecule has 0 saturated carbocycles. The number of benzene rings is 1. The second-order valence-corrected chi connectivity index (χ2v) is 4.23. The number of anilines is 1. The van der Waals surface area contributed by atoms with Crippen molar-refractivity contribution in [2.45, 2.75) is 0 Å². The average Bonchev–Trinajstić information content (AvgIpc) is 2.43. The van der Waals surface area contributed by atoms with E-state index in [1.54, 1.807) is 0 Å². The van der Waals surface area contributed by atoms with Gasteiger partial charge in [-0.2, -0.15) is 0 Å². The van der Waals surface area contributed by atoms with Crippen molar-refractivity contribution in [3.63, 3.8) is 0 Å². The molecule has 0 saturated heterocycles. The number of pyridine rings is 1. The summed E-state index contributed by atoms with van der Waals surface area (Å²) in [5, 5.41) is 20.8. The number of aromatic carboxylic acids is 1. The second kappa shape index (κ2) is 5.58. The van der Waals surface area contributed by atoms with E-state index in [9.17, 15) is 14.7 Å². The zero-order chi connectivity index (χ0) is 14.7. The van der Waals surface area contributed by atoms with Crippen LogP contribution in [0, 0.1) is 0 Å². The Morgan fingerprint density at radius 3 is 2.65 bits per heavy atom. The number of hydrogen-bond acceptors (Lipinski definition) is 4. The molecule has 6 nitrogen and oxygen atoms in total. The first-order valence-corrected chi connectivity index (χ1v) is 5.85. The van der Waals surface area contributed by atoms with Gasteiger partial charge in [-0.1, -0.05) is 11.6 Å². The monoisotopic (exact) mass is 292 g/mol. The number of carboxylic acids is 1. The molecule has 2 aromatic rings. The average molecular weight is 293 g/mol. The number of halogens is 1. The zero-order valence-electron chi connectivity index (χ0n) is 10.0. The molecule has 1 amide bonds. The predicted octanol–water partition coefficient (Wildman–Crippen LogP) is 2.39. The van der Waals surface area contributed by atoms with Gasteiger partial charge in [-0.05, 0) is 30.3 Å². The number of carboxylic acid groups (broad SMARTS) is 1. The van der Waals surface area contributed by atoms with Gasteiger partial charge in [0.15, 0.2) is 0 Å². The van der Waals surface area contributed by atoms with Crippen LogP contribution in [-0.2, 0) is 0 Å². The van der Waals surface area contributed by atoms with Gasteiger partial charge in [-0.3, -0.25) is 9.78 Å². The van der Waals surface area contributed by atoms with Gasteiger partial charge >= 0.3 is 5.97 Å². The lowest BCUT2D eigenvalue weighted by atomic mass is 10.2. The van der Waals surface area contributed by atoms with E-state index in [-0.39, 0.29) is 22.0 Å². The Bertz CT molecular complexity index is 688. The first kappa shape index (κ1) is 13.8. The van der Waals surface area contributed by atoms with Crippen molar-refractivity contribution in [1.82, 2.24) is 4.98 Å². The highest BCUT2D eigenvalue weighted by Crippen LogP contribution is 2.26. The van der Waals surface area contributed by atoms with Crippen LogP contribution in [0.15, 0.2) is 36.5 Å². The van der Waals surface area contributed by atoms with Crippen molar-refractivity contribution in [3.05, 3.63) is 52.8 Å². The number of carbonyl (C=O) groups excluding carboxylic acids is 1. The van der Waals surface area contributed by atoms with E-state index in [0.29, 0.717) is 5.69 Å². The number of aromatic hydroxyl groups is 1. The summed E-state index contributed by atoms with van der Waals surface area (Å²) in [7, 11) is 0. The predicted molar refractivity (Wildman–Crippen MR) is 72.3 cm³/mol. The molecule has 0 bridgehead atoms. The number of amides is 1. The van der Waals surface area contributed by atoms with Crippen LogP contribution >= 0.6 is 11.6 Å². The number of phenolic OH excluding ortho intramolecular Hbond substituents is 1. The Hall–Kier alpha value is -2.60. The second-order valence-electron chi connectivity index (χ2n) is 3.83. The van der Waals surface area contributed by atoms with Gasteiger partial charge < -0.3 is 15.5 Å². The number of hydrogen-bond donors (Lipinski definition) is 3. The Morgan fingerprint density at radius 1 is 1.25 bits per heavy atom. The number of rotatable bonds is 3. The summed E-state index contributed by atoms with van der Waals surface area (Å²) in [4.78, 5) is 26.8. The van der Waals surface area contributed by atoms with Crippen molar-refractivity contribution in [3.8, 4) is 5.75 Å². The van der Waals surface area contributed by atoms with Crippen LogP contribution in [0.25, 0.3) is 0 Å². The Kier molecular flexibility index (Phi) is 3.86. The van der Waals surface area contributed by atoms with Crippen LogP contribution in [0.1, 0.15) is 20.8 Å². The van der Waals surface area contributed by atoms with Crippen molar-refractivity contribution >= 4 is 29.2 Å². The minimum absolute atomic E-state index is 0.0716. The zero-order valence-corrected chi connectivity index (χ0v) is 10.8. The normalized spacial score (nSPS) is 10.1. The van der Waals surface area contributed by atoms with Crippen LogP contribution in [0.4, 0.5) is 5.69 Å². The van der Waals surface area contributed by atoms with E-state index in [0.717, 1.165) is 0 Å². The largest absolute Gasteiger partial charge is 0.506 e. The van der Waals surface area contributed by atoms with Crippen molar-refractivity contribution in [2.75, 3.05) is 5.32 Å². The third kappa shape index (κ3) is 2.86. The fourth-order valence-electron chi connectivity index (χ4n) is 1.53. The maximum atomic E-state index is 12.0. The van der Waals surface area contributed by atoms with Crippen molar-refractivity contribution < 1.29 is 19.8 Å². The molecular formula is C13H9ClN2O4. The Balaban J connectivity index is 2.28. The lowest BCUT2D eigenvalue weighted by molar-refractivity contribution is 0.0691. The number of phenols is 1. The van der Waals surface area contributed by atoms with Gasteiger partial charge in [-0.15, -0.1) is 0 Å². The lowest BCUT2D eigenvalue weighted by Gasteiger charge is -2.07. The van der Waals surface area contributed by atoms with Crippen LogP contribution < -0.4 is 5.32 Å². The molecule has 0 atom stereocenters. The molecule has 7 heteroatoms. The smallest absolute Gasteiger partial charge is 0.338 e. The highest BCUT2D eigenvalue weighted by Gasteiger charge is 2.17. The summed E-state index contributed by atoms with van der Waals surface area (Å²) in [5.74, 6) is -2.04. The molecule has 1 heterocycles. The summed E-state index contributed by atoms with van der Waals surface area (Å²) in [5.41, 5.74) is -0.0844. The highest BCUT2D eigenvalue weighted by molar-refractivity contribution is 6.32. The molecule has 1 aromatic carbocycles. The van der Waals surface area contributed by atoms with Crippen LogP contribution in [0.2, 0.25) is 5.02 Å². The molecule has 0 spiro atoms. The third-order valence-electron chi connectivity index (χ3n) is 2.46. The maximum absolute atomic E-state index is 12.0. The lowest BCUT2D eigenvalue weighted by Crippen LogP contribution is -2.18. The van der Waals surface area contributed by atoms with E-state index in [1.807, 2.05) is 0 Å². The summed E-state index contributed by atoms with van der Waals surface area (Å²) >= 11 is 5.71. The van der Waals surface area contributed by atoms with Gasteiger partial charge in [0, 0.05) is 11.9 Å². The fourth-order valence-corrected chi connectivity index (χ4v) is 1.71. The molecule has 0 aliphatic carbocycles. The van der Waals surface area contributed by atoms with E-state index in [1.165, 1.54) is 36.5 Å². The number of nitrogens with one attached hydrogen (secondary N) is 1. The molecule has 102 valence electrons. The van der Waals surface area contributed by atoms with Crippen LogP contribution in [-0.4, -0.2) is 27.1 Å². The fraction of sp³-hybridized carbons (Fsp3) is 0. The molecule has 2 rings (SSSR count). The summed E-state index contributed by atoms with van der Waals surface area (Å²) in [6, 6.07) is 6.81. The molecule has 3 N–H and O–H groups in total. The van der Waals surface area contributed by atoms with Gasteiger partial charge in [0.1, 0.15) is 11.4 Å². The molecular weight excluding hydrogens is 284 g/mol. The minimum Gasteiger partial charge on any atom is -0.506 e. The first-order chi connectivity index (χ1) is 9.49. The number of nitrogens with zero attached hydrogens (tertiary/aromatic N) is 1. The molecule has 0 aliphatic rings. The van der Waals surface area contributed by atoms with Crippen molar-refractivity contribution in [1.29, 1.82) is 0 Å². The van der Waals surface area contributed by atoms with Gasteiger partial charge in [-0.25, -0.2) is 4.79 Å². The van der Waals surface area contributed by atoms with E-state index in [4.69, 9.17) is 16.7 Å². The van der Waals surface area contributed by atoms with Crippen LogP contribution in [0.3, 0.4) is 0 Å². The summed E-state index contributed by atoms with van der Waals surface area (Å²) < 4.78 is 0. The van der Waals surface area contributed by atoms with Gasteiger partial charge in [0.05, 0.1) is 10.6 Å². The molecule has 20 heavy (non-hydrogen) atoms. The third-order valence-corrected chi connectivity index (χ3v) is 2.76. The molecule has 0 aliphatic heterocycles. The summed E-state index contributed by atoms with van der Waals surface area (Å²) in [6.45, 7) is 0. The first-order valence-electron chi connectivity index (χ1n) is 5.47. The van der Waals surface area contributed by atoms with Crippen LogP contribution in [0.5, 0.6) is 5.75 Å². The SMILES string of the molecule is O=C(O)c1cccnc1C(=O)Nc1ccc(O)c(Cl)c1.